The van der Waals surface area contributed by atoms with Gasteiger partial charge in [-0.05, 0) is 23.8 Å². The van der Waals surface area contributed by atoms with Gasteiger partial charge in [-0.2, -0.15) is 4.76 Å². The van der Waals surface area contributed by atoms with Gasteiger partial charge in [-0.25, -0.2) is 4.57 Å². The maximum atomic E-state index is 11.1. The highest BCUT2D eigenvalue weighted by Crippen LogP contribution is 2.39. The molecule has 23 heavy (non-hydrogen) atoms. The van der Waals surface area contributed by atoms with E-state index in [9.17, 15) is 25.0 Å². The van der Waals surface area contributed by atoms with Gasteiger partial charge in [0.2, 0.25) is 0 Å². The van der Waals surface area contributed by atoms with Crippen molar-refractivity contribution in [2.75, 3.05) is 0 Å². The Labute approximate surface area is 131 Å². The van der Waals surface area contributed by atoms with Gasteiger partial charge in [-0.15, -0.1) is 0 Å². The van der Waals surface area contributed by atoms with Crippen LogP contribution in [0, 0.1) is 5.92 Å². The van der Waals surface area contributed by atoms with Crippen molar-refractivity contribution in [1.82, 2.24) is 0 Å². The average molecular weight is 341 g/mol. The number of phenols is 1. The Morgan fingerprint density at radius 1 is 1.13 bits per heavy atom. The quantitative estimate of drug-likeness (QED) is 0.350. The van der Waals surface area contributed by atoms with E-state index in [4.69, 9.17) is 9.79 Å². The van der Waals surface area contributed by atoms with Crippen LogP contribution in [-0.4, -0.2) is 41.7 Å². The van der Waals surface area contributed by atoms with Gasteiger partial charge in [0.05, 0.1) is 11.6 Å². The average Bonchev–Trinajstić information content (AvgIpc) is 2.39. The van der Waals surface area contributed by atoms with Crippen LogP contribution in [0.15, 0.2) is 53.0 Å². The molecule has 1 aromatic rings. The molecule has 0 spiro atoms. The van der Waals surface area contributed by atoms with Gasteiger partial charge in [0.15, 0.2) is 5.79 Å². The lowest BCUT2D eigenvalue weighted by molar-refractivity contribution is -0.172. The summed E-state index contributed by atoms with van der Waals surface area (Å²) in [7, 11) is -4.81. The molecule has 0 heterocycles. The third-order valence-corrected chi connectivity index (χ3v) is 3.71. The predicted molar refractivity (Wildman–Crippen MR) is 81.8 cm³/mol. The number of aliphatic hydroxyl groups excluding tert-OH is 1. The van der Waals surface area contributed by atoms with E-state index in [0.717, 1.165) is 6.08 Å². The summed E-state index contributed by atoms with van der Waals surface area (Å²) < 4.78 is 14.2. The van der Waals surface area contributed by atoms with E-state index in [1.54, 1.807) is 0 Å². The highest BCUT2D eigenvalue weighted by Gasteiger charge is 2.38. The van der Waals surface area contributed by atoms with Crippen molar-refractivity contribution in [2.45, 2.75) is 12.2 Å². The number of nitrogens with zero attached hydrogens (tertiary/aromatic N) is 1. The molecule has 0 saturated heterocycles. The van der Waals surface area contributed by atoms with E-state index in [0.29, 0.717) is 5.56 Å². The number of allylic oxidation sites excluding steroid dienone is 2. The van der Waals surface area contributed by atoms with Crippen molar-refractivity contribution in [3.8, 4) is 5.75 Å². The zero-order valence-corrected chi connectivity index (χ0v) is 12.7. The van der Waals surface area contributed by atoms with Crippen molar-refractivity contribution in [1.29, 1.82) is 0 Å². The zero-order chi connectivity index (χ0) is 17.3. The van der Waals surface area contributed by atoms with Crippen LogP contribution in [0.25, 0.3) is 0 Å². The standard InChI is InChI=1S/C14H16NO7P/c16-10-3-1-9(2-4-10)8-14(18,19)12-6-5-11(17)7-13(12)15-23(20,21)22/h1-7,12,16-19H,8H2,(H2,20,21,22)/b15-13+. The fourth-order valence-electron chi connectivity index (χ4n) is 2.24. The number of aliphatic hydroxyl groups is 3. The minimum atomic E-state index is -4.81. The molecule has 0 amide bonds. The van der Waals surface area contributed by atoms with E-state index >= 15 is 0 Å². The predicted octanol–water partition coefficient (Wildman–Crippen LogP) is 0.777. The summed E-state index contributed by atoms with van der Waals surface area (Å²) in [4.78, 5) is 17.9. The molecule has 1 aliphatic carbocycles. The van der Waals surface area contributed by atoms with E-state index in [1.807, 2.05) is 0 Å². The maximum absolute atomic E-state index is 11.1. The summed E-state index contributed by atoms with van der Waals surface area (Å²) in [5.74, 6) is -3.95. The molecule has 0 fully saturated rings. The van der Waals surface area contributed by atoms with Crippen molar-refractivity contribution >= 4 is 13.5 Å². The molecule has 1 aromatic carbocycles. The third-order valence-electron chi connectivity index (χ3n) is 3.22. The van der Waals surface area contributed by atoms with Gasteiger partial charge < -0.3 is 30.2 Å². The van der Waals surface area contributed by atoms with Gasteiger partial charge in [-0.1, -0.05) is 18.2 Å². The Kier molecular flexibility index (Phi) is 4.74. The Morgan fingerprint density at radius 3 is 2.30 bits per heavy atom. The summed E-state index contributed by atoms with van der Waals surface area (Å²) in [6.07, 6.45) is 3.06. The van der Waals surface area contributed by atoms with Gasteiger partial charge in [0.25, 0.3) is 0 Å². The van der Waals surface area contributed by atoms with Crippen LogP contribution < -0.4 is 0 Å². The zero-order valence-electron chi connectivity index (χ0n) is 11.8. The first-order valence-electron chi connectivity index (χ1n) is 6.54. The normalized spacial score (nSPS) is 20.6. The molecular weight excluding hydrogens is 325 g/mol. The van der Waals surface area contributed by atoms with Crippen LogP contribution in [0.1, 0.15) is 5.56 Å². The summed E-state index contributed by atoms with van der Waals surface area (Å²) in [6.45, 7) is 0. The molecule has 0 aromatic heterocycles. The van der Waals surface area contributed by atoms with Crippen molar-refractivity contribution < 1.29 is 34.8 Å². The van der Waals surface area contributed by atoms with E-state index in [-0.39, 0.29) is 23.6 Å². The smallest absolute Gasteiger partial charge is 0.448 e. The van der Waals surface area contributed by atoms with Crippen molar-refractivity contribution in [2.24, 2.45) is 10.7 Å². The van der Waals surface area contributed by atoms with Crippen molar-refractivity contribution in [3.63, 3.8) is 0 Å². The second-order valence-corrected chi connectivity index (χ2v) is 6.39. The number of hydrogen-bond donors (Lipinski definition) is 6. The minimum Gasteiger partial charge on any atom is -0.508 e. The largest absolute Gasteiger partial charge is 0.508 e. The summed E-state index contributed by atoms with van der Waals surface area (Å²) in [5, 5.41) is 39.3. The first-order chi connectivity index (χ1) is 10.6. The lowest BCUT2D eigenvalue weighted by Gasteiger charge is -2.31. The molecule has 1 atom stereocenters. The second-order valence-electron chi connectivity index (χ2n) is 5.17. The molecule has 9 heteroatoms. The number of benzene rings is 1. The Morgan fingerprint density at radius 2 is 1.74 bits per heavy atom. The number of rotatable bonds is 4. The molecule has 1 unspecified atom stereocenters. The topological polar surface area (TPSA) is 151 Å². The van der Waals surface area contributed by atoms with Gasteiger partial charge in [0, 0.05) is 12.5 Å². The number of phenolic OH excluding ortho intramolecular Hbond substituents is 1. The van der Waals surface area contributed by atoms with Crippen LogP contribution in [0.3, 0.4) is 0 Å². The first-order valence-corrected chi connectivity index (χ1v) is 8.10. The summed E-state index contributed by atoms with van der Waals surface area (Å²) in [6, 6.07) is 5.71. The van der Waals surface area contributed by atoms with Crippen LogP contribution in [0.2, 0.25) is 0 Å². The van der Waals surface area contributed by atoms with Crippen LogP contribution >= 0.6 is 7.75 Å². The fraction of sp³-hybridized carbons (Fsp3) is 0.214. The van der Waals surface area contributed by atoms with E-state index in [1.165, 1.54) is 36.4 Å². The SMILES string of the molecule is O=P(O)(O)/N=C1\C=C(O)C=CC1C(O)(O)Cc1ccc(O)cc1. The Hall–Kier alpha value is -1.96. The van der Waals surface area contributed by atoms with Crippen LogP contribution in [0.4, 0.5) is 0 Å². The molecule has 1 aliphatic rings. The Balaban J connectivity index is 2.32. The first kappa shape index (κ1) is 17.4. The molecule has 2 rings (SSSR count). The molecule has 0 bridgehead atoms. The van der Waals surface area contributed by atoms with E-state index < -0.39 is 19.5 Å². The van der Waals surface area contributed by atoms with Gasteiger partial charge >= 0.3 is 7.75 Å². The summed E-state index contributed by atoms with van der Waals surface area (Å²) >= 11 is 0. The minimum absolute atomic E-state index is 0.0180. The molecule has 0 saturated carbocycles. The number of hydrogen-bond acceptors (Lipinski definition) is 5. The maximum Gasteiger partial charge on any atom is 0.448 e. The van der Waals surface area contributed by atoms with Gasteiger partial charge in [0.1, 0.15) is 11.5 Å². The van der Waals surface area contributed by atoms with Gasteiger partial charge in [-0.3, -0.25) is 0 Å². The summed E-state index contributed by atoms with van der Waals surface area (Å²) in [5.41, 5.74) is 0.137. The molecular formula is C14H16NO7P. The third kappa shape index (κ3) is 4.75. The van der Waals surface area contributed by atoms with Crippen LogP contribution in [0.5, 0.6) is 5.75 Å². The van der Waals surface area contributed by atoms with E-state index in [2.05, 4.69) is 4.76 Å². The number of aromatic hydroxyl groups is 1. The lowest BCUT2D eigenvalue weighted by atomic mass is 9.85. The van der Waals surface area contributed by atoms with Crippen LogP contribution in [-0.2, 0) is 11.0 Å². The molecule has 8 nitrogen and oxygen atoms in total. The molecule has 0 aliphatic heterocycles. The Bertz CT molecular complexity index is 715. The monoisotopic (exact) mass is 341 g/mol. The fourth-order valence-corrected chi connectivity index (χ4v) is 2.72. The highest BCUT2D eigenvalue weighted by molar-refractivity contribution is 7.50. The molecule has 124 valence electrons. The molecule has 6 N–H and O–H groups in total. The molecule has 0 radical (unpaired) electrons. The highest BCUT2D eigenvalue weighted by atomic mass is 31.2. The van der Waals surface area contributed by atoms with Crippen molar-refractivity contribution in [3.05, 3.63) is 53.8 Å². The second kappa shape index (κ2) is 6.27. The lowest BCUT2D eigenvalue weighted by Crippen LogP contribution is -2.43.